The zero-order valence-corrected chi connectivity index (χ0v) is 15.2. The molecule has 0 spiro atoms. The van der Waals surface area contributed by atoms with Crippen molar-refractivity contribution in [1.29, 1.82) is 0 Å². The van der Waals surface area contributed by atoms with Crippen LogP contribution in [0.1, 0.15) is 23.5 Å². The second-order valence-corrected chi connectivity index (χ2v) is 7.33. The van der Waals surface area contributed by atoms with E-state index in [1.54, 1.807) is 23.1 Å². The van der Waals surface area contributed by atoms with Gasteiger partial charge in [-0.2, -0.15) is 13.2 Å². The van der Waals surface area contributed by atoms with Crippen molar-refractivity contribution in [2.24, 2.45) is 5.92 Å². The van der Waals surface area contributed by atoms with Crippen LogP contribution in [0.3, 0.4) is 0 Å². The van der Waals surface area contributed by atoms with E-state index in [1.165, 1.54) is 12.1 Å². The Hall–Kier alpha value is -2.70. The number of rotatable bonds is 3. The molecule has 2 aromatic carbocycles. The van der Waals surface area contributed by atoms with Crippen LogP contribution in [0.4, 0.5) is 18.9 Å². The van der Waals surface area contributed by atoms with Gasteiger partial charge in [0.05, 0.1) is 11.3 Å². The highest BCUT2D eigenvalue weighted by Gasteiger charge is 2.49. The number of hydrogen-bond acceptors (Lipinski definition) is 3. The highest BCUT2D eigenvalue weighted by molar-refractivity contribution is 5.83. The number of carbonyl (C=O) groups is 1. The summed E-state index contributed by atoms with van der Waals surface area (Å²) in [5, 5.41) is 9.97. The van der Waals surface area contributed by atoms with Gasteiger partial charge in [0.15, 0.2) is 0 Å². The maximum atomic E-state index is 13.2. The fraction of sp³-hybridized carbons (Fsp3) is 0.381. The van der Waals surface area contributed by atoms with E-state index in [9.17, 15) is 23.1 Å². The van der Waals surface area contributed by atoms with Gasteiger partial charge in [0.2, 0.25) is 5.91 Å². The summed E-state index contributed by atoms with van der Waals surface area (Å²) < 4.78 is 39.7. The van der Waals surface area contributed by atoms with Crippen LogP contribution in [0.25, 0.3) is 0 Å². The lowest BCUT2D eigenvalue weighted by Gasteiger charge is -2.36. The molecule has 2 atom stereocenters. The Morgan fingerprint density at radius 1 is 0.964 bits per heavy atom. The first-order valence-corrected chi connectivity index (χ1v) is 9.34. The lowest BCUT2D eigenvalue weighted by molar-refractivity contribution is -0.138. The van der Waals surface area contributed by atoms with E-state index < -0.39 is 11.7 Å². The number of piperazine rings is 1. The first-order chi connectivity index (χ1) is 13.4. The first kappa shape index (κ1) is 18.7. The molecule has 148 valence electrons. The summed E-state index contributed by atoms with van der Waals surface area (Å²) in [5.74, 6) is -0.603. The number of phenols is 1. The minimum atomic E-state index is -4.41. The van der Waals surface area contributed by atoms with Crippen molar-refractivity contribution >= 4 is 11.6 Å². The molecule has 1 saturated heterocycles. The van der Waals surface area contributed by atoms with Gasteiger partial charge in [0.1, 0.15) is 5.75 Å². The second-order valence-electron chi connectivity index (χ2n) is 7.33. The van der Waals surface area contributed by atoms with Gasteiger partial charge in [0, 0.05) is 32.1 Å². The average Bonchev–Trinajstić information content (AvgIpc) is 3.48. The van der Waals surface area contributed by atoms with Crippen molar-refractivity contribution < 1.29 is 23.1 Å². The molecular formula is C21H21F3N2O2. The summed E-state index contributed by atoms with van der Waals surface area (Å²) in [6.45, 7) is 2.16. The number of carbonyl (C=O) groups excluding carboxylic acids is 1. The molecule has 2 aliphatic rings. The lowest BCUT2D eigenvalue weighted by atomic mass is 10.0. The normalized spacial score (nSPS) is 22.2. The van der Waals surface area contributed by atoms with Gasteiger partial charge >= 0.3 is 6.18 Å². The smallest absolute Gasteiger partial charge is 0.416 e. The van der Waals surface area contributed by atoms with Gasteiger partial charge in [-0.15, -0.1) is 0 Å². The highest BCUT2D eigenvalue weighted by atomic mass is 19.4. The van der Waals surface area contributed by atoms with Gasteiger partial charge in [-0.05, 0) is 36.1 Å². The molecule has 7 heteroatoms. The zero-order chi connectivity index (χ0) is 19.9. The molecule has 2 unspecified atom stereocenters. The second kappa shape index (κ2) is 7.04. The quantitative estimate of drug-likeness (QED) is 0.866. The number of phenolic OH excluding ortho intramolecular Hbond substituents is 1. The van der Waals surface area contributed by atoms with Crippen molar-refractivity contribution in [1.82, 2.24) is 4.90 Å². The summed E-state index contributed by atoms with van der Waals surface area (Å²) in [7, 11) is 0. The lowest BCUT2D eigenvalue weighted by Crippen LogP contribution is -2.49. The Labute approximate surface area is 161 Å². The van der Waals surface area contributed by atoms with Crippen molar-refractivity contribution in [3.05, 3.63) is 59.7 Å². The molecular weight excluding hydrogens is 369 g/mol. The van der Waals surface area contributed by atoms with E-state index in [2.05, 4.69) is 0 Å². The molecule has 1 heterocycles. The zero-order valence-electron chi connectivity index (χ0n) is 15.2. The number of hydrogen-bond donors (Lipinski definition) is 1. The van der Waals surface area contributed by atoms with Gasteiger partial charge < -0.3 is 14.9 Å². The van der Waals surface area contributed by atoms with Crippen LogP contribution in [0.2, 0.25) is 0 Å². The third-order valence-corrected chi connectivity index (χ3v) is 5.59. The molecule has 1 saturated carbocycles. The number of benzene rings is 2. The summed E-state index contributed by atoms with van der Waals surface area (Å²) in [6.07, 6.45) is -3.94. The summed E-state index contributed by atoms with van der Waals surface area (Å²) in [4.78, 5) is 16.5. The molecule has 4 rings (SSSR count). The van der Waals surface area contributed by atoms with E-state index in [-0.39, 0.29) is 29.1 Å². The molecule has 0 aromatic heterocycles. The molecule has 1 aliphatic heterocycles. The molecule has 0 radical (unpaired) electrons. The van der Waals surface area contributed by atoms with Crippen molar-refractivity contribution in [2.45, 2.75) is 18.5 Å². The van der Waals surface area contributed by atoms with E-state index in [0.29, 0.717) is 32.6 Å². The Morgan fingerprint density at radius 3 is 2.29 bits per heavy atom. The van der Waals surface area contributed by atoms with Crippen LogP contribution in [-0.4, -0.2) is 42.1 Å². The Bertz CT molecular complexity index is 876. The highest BCUT2D eigenvalue weighted by Crippen LogP contribution is 2.51. The van der Waals surface area contributed by atoms with E-state index in [4.69, 9.17) is 0 Å². The number of aromatic hydroxyl groups is 1. The third kappa shape index (κ3) is 3.53. The fourth-order valence-corrected chi connectivity index (χ4v) is 4.02. The van der Waals surface area contributed by atoms with Gasteiger partial charge in [-0.25, -0.2) is 0 Å². The van der Waals surface area contributed by atoms with Crippen LogP contribution in [0.15, 0.2) is 48.5 Å². The molecule has 1 amide bonds. The van der Waals surface area contributed by atoms with E-state index in [0.717, 1.165) is 11.8 Å². The Morgan fingerprint density at radius 2 is 1.61 bits per heavy atom. The number of halogens is 3. The van der Waals surface area contributed by atoms with Crippen molar-refractivity contribution in [2.75, 3.05) is 31.1 Å². The van der Waals surface area contributed by atoms with Gasteiger partial charge in [0.25, 0.3) is 0 Å². The number of amides is 1. The molecule has 2 aromatic rings. The van der Waals surface area contributed by atoms with E-state index >= 15 is 0 Å². The molecule has 1 aliphatic carbocycles. The van der Waals surface area contributed by atoms with Gasteiger partial charge in [-0.1, -0.05) is 30.3 Å². The minimum absolute atomic E-state index is 0.0705. The molecule has 28 heavy (non-hydrogen) atoms. The third-order valence-electron chi connectivity index (χ3n) is 5.59. The summed E-state index contributed by atoms with van der Waals surface area (Å²) >= 11 is 0. The summed E-state index contributed by atoms with van der Waals surface area (Å²) in [6, 6.07) is 12.6. The number of anilines is 1. The maximum Gasteiger partial charge on any atom is 0.416 e. The molecule has 1 N–H and O–H groups in total. The van der Waals surface area contributed by atoms with Crippen LogP contribution in [0.5, 0.6) is 5.75 Å². The van der Waals surface area contributed by atoms with Crippen LogP contribution >= 0.6 is 0 Å². The molecule has 0 bridgehead atoms. The van der Waals surface area contributed by atoms with Crippen LogP contribution in [-0.2, 0) is 11.0 Å². The minimum Gasteiger partial charge on any atom is -0.506 e. The Kier molecular flexibility index (Phi) is 4.69. The SMILES string of the molecule is O=C(C1CC1c1ccccc1C(F)(F)F)N1CCN(c2ccccc2O)CC1. The largest absolute Gasteiger partial charge is 0.506 e. The van der Waals surface area contributed by atoms with E-state index in [1.807, 2.05) is 17.0 Å². The van der Waals surface area contributed by atoms with Gasteiger partial charge in [-0.3, -0.25) is 4.79 Å². The topological polar surface area (TPSA) is 43.8 Å². The van der Waals surface area contributed by atoms with Crippen LogP contribution in [0, 0.1) is 5.92 Å². The van der Waals surface area contributed by atoms with Crippen LogP contribution < -0.4 is 4.90 Å². The average molecular weight is 390 g/mol. The Balaban J connectivity index is 1.40. The number of nitrogens with zero attached hydrogens (tertiary/aromatic N) is 2. The molecule has 4 nitrogen and oxygen atoms in total. The fourth-order valence-electron chi connectivity index (χ4n) is 4.02. The maximum absolute atomic E-state index is 13.2. The standard InChI is InChI=1S/C21H21F3N2O2/c22-21(23,24)17-6-2-1-5-14(17)15-13-16(15)20(28)26-11-9-25(10-12-26)18-7-3-4-8-19(18)27/h1-8,15-16,27H,9-13H2. The van der Waals surface area contributed by atoms with Crippen molar-refractivity contribution in [3.63, 3.8) is 0 Å². The number of alkyl halides is 3. The van der Waals surface area contributed by atoms with Crippen molar-refractivity contribution in [3.8, 4) is 5.75 Å². The summed E-state index contributed by atoms with van der Waals surface area (Å²) in [5.41, 5.74) is 0.318. The molecule has 2 fully saturated rings. The number of para-hydroxylation sites is 2. The first-order valence-electron chi connectivity index (χ1n) is 9.34. The monoisotopic (exact) mass is 390 g/mol. The predicted molar refractivity (Wildman–Crippen MR) is 99.2 cm³/mol. The predicted octanol–water partition coefficient (Wildman–Crippen LogP) is 3.86.